The van der Waals surface area contributed by atoms with Gasteiger partial charge in [0.1, 0.15) is 0 Å². The molecule has 1 aromatic rings. The van der Waals surface area contributed by atoms with Crippen LogP contribution in [0.5, 0.6) is 0 Å². The zero-order valence-corrected chi connectivity index (χ0v) is 10.7. The van der Waals surface area contributed by atoms with Gasteiger partial charge < -0.3 is 10.2 Å². The predicted molar refractivity (Wildman–Crippen MR) is 69.6 cm³/mol. The highest BCUT2D eigenvalue weighted by Gasteiger charge is 2.18. The fourth-order valence-electron chi connectivity index (χ4n) is 1.97. The van der Waals surface area contributed by atoms with E-state index >= 15 is 0 Å². The second-order valence-corrected chi connectivity index (χ2v) is 4.72. The van der Waals surface area contributed by atoms with Crippen LogP contribution in [0, 0.1) is 0 Å². The van der Waals surface area contributed by atoms with Crippen molar-refractivity contribution in [3.63, 3.8) is 0 Å². The molecule has 0 aromatic heterocycles. The van der Waals surface area contributed by atoms with Crippen LogP contribution in [0.3, 0.4) is 0 Å². The first-order valence-corrected chi connectivity index (χ1v) is 6.36. The molecule has 1 fully saturated rings. The van der Waals surface area contributed by atoms with Crippen LogP contribution in [-0.4, -0.2) is 36.3 Å². The van der Waals surface area contributed by atoms with Crippen molar-refractivity contribution < 1.29 is 9.59 Å². The number of benzene rings is 1. The molecule has 18 heavy (non-hydrogen) atoms. The number of halogens is 1. The molecule has 0 radical (unpaired) electrons. The van der Waals surface area contributed by atoms with E-state index in [-0.39, 0.29) is 18.4 Å². The lowest BCUT2D eigenvalue weighted by Crippen LogP contribution is -2.38. The van der Waals surface area contributed by atoms with E-state index in [4.69, 9.17) is 11.6 Å². The maximum absolute atomic E-state index is 11.8. The number of amides is 2. The van der Waals surface area contributed by atoms with Gasteiger partial charge in [-0.05, 0) is 31.0 Å². The molecular weight excluding hydrogens is 252 g/mol. The van der Waals surface area contributed by atoms with Crippen molar-refractivity contribution in [3.05, 3.63) is 34.9 Å². The zero-order chi connectivity index (χ0) is 13.0. The smallest absolute Gasteiger partial charge is 0.251 e. The Hall–Kier alpha value is -1.55. The molecule has 0 atom stereocenters. The van der Waals surface area contributed by atoms with E-state index in [1.807, 2.05) is 0 Å². The molecule has 1 aliphatic heterocycles. The van der Waals surface area contributed by atoms with Crippen molar-refractivity contribution in [1.82, 2.24) is 10.2 Å². The van der Waals surface area contributed by atoms with Crippen LogP contribution < -0.4 is 5.32 Å². The largest absolute Gasteiger partial charge is 0.343 e. The van der Waals surface area contributed by atoms with Crippen LogP contribution in [0.25, 0.3) is 0 Å². The number of rotatable bonds is 3. The van der Waals surface area contributed by atoms with Gasteiger partial charge in [0.2, 0.25) is 5.91 Å². The average Bonchev–Trinajstić information content (AvgIpc) is 2.89. The molecule has 1 aliphatic rings. The fraction of sp³-hybridized carbons (Fsp3) is 0.385. The molecule has 0 saturated carbocycles. The number of nitrogens with zero attached hydrogens (tertiary/aromatic N) is 1. The normalized spacial score (nSPS) is 14.6. The summed E-state index contributed by atoms with van der Waals surface area (Å²) in [6, 6.07) is 6.66. The standard InChI is InChI=1S/C13H15ClN2O2/c14-11-5-3-4-10(8-11)13(18)15-9-12(17)16-6-1-2-7-16/h3-5,8H,1-2,6-7,9H2,(H,15,18). The molecule has 0 spiro atoms. The van der Waals surface area contributed by atoms with Crippen molar-refractivity contribution in [2.75, 3.05) is 19.6 Å². The predicted octanol–water partition coefficient (Wildman–Crippen LogP) is 1.69. The molecule has 4 nitrogen and oxygen atoms in total. The number of hydrogen-bond acceptors (Lipinski definition) is 2. The Bertz CT molecular complexity index is 456. The Morgan fingerprint density at radius 2 is 2.00 bits per heavy atom. The summed E-state index contributed by atoms with van der Waals surface area (Å²) in [5.74, 6) is -0.298. The lowest BCUT2D eigenvalue weighted by Gasteiger charge is -2.15. The highest BCUT2D eigenvalue weighted by Crippen LogP contribution is 2.10. The third-order valence-corrected chi connectivity index (χ3v) is 3.18. The van der Waals surface area contributed by atoms with E-state index in [0.29, 0.717) is 10.6 Å². The zero-order valence-electron chi connectivity index (χ0n) is 9.99. The summed E-state index contributed by atoms with van der Waals surface area (Å²) < 4.78 is 0. The minimum absolute atomic E-state index is 0.0251. The van der Waals surface area contributed by atoms with E-state index < -0.39 is 0 Å². The molecular formula is C13H15ClN2O2. The van der Waals surface area contributed by atoms with Gasteiger partial charge in [-0.3, -0.25) is 9.59 Å². The van der Waals surface area contributed by atoms with Crippen LogP contribution >= 0.6 is 11.6 Å². The quantitative estimate of drug-likeness (QED) is 0.905. The van der Waals surface area contributed by atoms with E-state index in [2.05, 4.69) is 5.32 Å². The number of hydrogen-bond donors (Lipinski definition) is 1. The summed E-state index contributed by atoms with van der Waals surface area (Å²) in [6.07, 6.45) is 2.10. The minimum atomic E-state index is -0.273. The van der Waals surface area contributed by atoms with E-state index in [1.54, 1.807) is 29.2 Å². The highest BCUT2D eigenvalue weighted by atomic mass is 35.5. The van der Waals surface area contributed by atoms with E-state index in [1.165, 1.54) is 0 Å². The summed E-state index contributed by atoms with van der Waals surface area (Å²) in [4.78, 5) is 25.3. The first-order chi connectivity index (χ1) is 8.66. The van der Waals surface area contributed by atoms with E-state index in [0.717, 1.165) is 25.9 Å². The fourth-order valence-corrected chi connectivity index (χ4v) is 2.16. The lowest BCUT2D eigenvalue weighted by molar-refractivity contribution is -0.129. The number of likely N-dealkylation sites (tertiary alicyclic amines) is 1. The summed E-state index contributed by atoms with van der Waals surface area (Å²) in [6.45, 7) is 1.64. The second-order valence-electron chi connectivity index (χ2n) is 4.28. The second kappa shape index (κ2) is 5.87. The van der Waals surface area contributed by atoms with E-state index in [9.17, 15) is 9.59 Å². The first kappa shape index (κ1) is 12.9. The Labute approximate surface area is 111 Å². The van der Waals surface area contributed by atoms with Gasteiger partial charge in [0.25, 0.3) is 5.91 Å². The maximum Gasteiger partial charge on any atom is 0.251 e. The Balaban J connectivity index is 1.86. The highest BCUT2D eigenvalue weighted by molar-refractivity contribution is 6.30. The first-order valence-electron chi connectivity index (χ1n) is 5.98. The van der Waals surface area contributed by atoms with Gasteiger partial charge >= 0.3 is 0 Å². The van der Waals surface area contributed by atoms with Gasteiger partial charge in [-0.1, -0.05) is 17.7 Å². The topological polar surface area (TPSA) is 49.4 Å². The molecule has 2 amide bonds. The van der Waals surface area contributed by atoms with Gasteiger partial charge in [0, 0.05) is 23.7 Å². The van der Waals surface area contributed by atoms with Crippen molar-refractivity contribution >= 4 is 23.4 Å². The third kappa shape index (κ3) is 3.23. The van der Waals surface area contributed by atoms with Gasteiger partial charge in [-0.15, -0.1) is 0 Å². The average molecular weight is 267 g/mol. The van der Waals surface area contributed by atoms with Gasteiger partial charge in [0.15, 0.2) is 0 Å². The van der Waals surface area contributed by atoms with Crippen LogP contribution in [-0.2, 0) is 4.79 Å². The summed E-state index contributed by atoms with van der Waals surface area (Å²) >= 11 is 5.80. The van der Waals surface area contributed by atoms with Crippen molar-refractivity contribution in [2.45, 2.75) is 12.8 Å². The van der Waals surface area contributed by atoms with Crippen LogP contribution in [0.2, 0.25) is 5.02 Å². The summed E-state index contributed by atoms with van der Waals surface area (Å²) in [7, 11) is 0. The molecule has 1 N–H and O–H groups in total. The molecule has 1 saturated heterocycles. The number of carbonyl (C=O) groups is 2. The molecule has 1 heterocycles. The Morgan fingerprint density at radius 1 is 1.28 bits per heavy atom. The molecule has 0 aliphatic carbocycles. The molecule has 96 valence electrons. The number of carbonyl (C=O) groups excluding carboxylic acids is 2. The maximum atomic E-state index is 11.8. The van der Waals surface area contributed by atoms with Gasteiger partial charge in [0.05, 0.1) is 6.54 Å². The minimum Gasteiger partial charge on any atom is -0.343 e. The summed E-state index contributed by atoms with van der Waals surface area (Å²) in [5, 5.41) is 3.12. The monoisotopic (exact) mass is 266 g/mol. The molecule has 0 unspecified atom stereocenters. The van der Waals surface area contributed by atoms with Gasteiger partial charge in [-0.2, -0.15) is 0 Å². The van der Waals surface area contributed by atoms with Crippen LogP contribution in [0.1, 0.15) is 23.2 Å². The van der Waals surface area contributed by atoms with Gasteiger partial charge in [-0.25, -0.2) is 0 Å². The van der Waals surface area contributed by atoms with Crippen LogP contribution in [0.15, 0.2) is 24.3 Å². The number of nitrogens with one attached hydrogen (secondary N) is 1. The Kier molecular flexibility index (Phi) is 4.20. The van der Waals surface area contributed by atoms with Crippen molar-refractivity contribution in [2.24, 2.45) is 0 Å². The third-order valence-electron chi connectivity index (χ3n) is 2.95. The molecule has 1 aromatic carbocycles. The lowest BCUT2D eigenvalue weighted by atomic mass is 10.2. The Morgan fingerprint density at radius 3 is 2.67 bits per heavy atom. The van der Waals surface area contributed by atoms with Crippen molar-refractivity contribution in [1.29, 1.82) is 0 Å². The van der Waals surface area contributed by atoms with Crippen LogP contribution in [0.4, 0.5) is 0 Å². The molecule has 0 bridgehead atoms. The summed E-state index contributed by atoms with van der Waals surface area (Å²) in [5.41, 5.74) is 0.469. The molecule has 2 rings (SSSR count). The SMILES string of the molecule is O=C(NCC(=O)N1CCCC1)c1cccc(Cl)c1. The van der Waals surface area contributed by atoms with Crippen molar-refractivity contribution in [3.8, 4) is 0 Å². The molecule has 5 heteroatoms.